The Hall–Kier alpha value is -1.12. The first-order valence-electron chi connectivity index (χ1n) is 2.56. The summed E-state index contributed by atoms with van der Waals surface area (Å²) >= 11 is 0. The van der Waals surface area contributed by atoms with E-state index >= 15 is 0 Å². The molecule has 1 aromatic rings. The van der Waals surface area contributed by atoms with E-state index < -0.39 is 0 Å². The highest BCUT2D eigenvalue weighted by Gasteiger charge is 2.03. The second-order valence-corrected chi connectivity index (χ2v) is 1.74. The van der Waals surface area contributed by atoms with Gasteiger partial charge < -0.3 is 4.42 Å². The molecule has 0 saturated carbocycles. The largest absolute Gasteiger partial charge is 0.446 e. The van der Waals surface area contributed by atoms with Crippen molar-refractivity contribution in [3.63, 3.8) is 0 Å². The van der Waals surface area contributed by atoms with E-state index in [2.05, 4.69) is 4.98 Å². The van der Waals surface area contributed by atoms with Gasteiger partial charge in [-0.25, -0.2) is 4.98 Å². The third-order valence-electron chi connectivity index (χ3n) is 1.00. The molecule has 9 heavy (non-hydrogen) atoms. The number of nitrogens with zero attached hydrogens (tertiary/aromatic N) is 1. The van der Waals surface area contributed by atoms with Gasteiger partial charge in [0.1, 0.15) is 5.76 Å². The summed E-state index contributed by atoms with van der Waals surface area (Å²) in [6.07, 6.45) is 1.66. The zero-order chi connectivity index (χ0) is 6.85. The van der Waals surface area contributed by atoms with Gasteiger partial charge in [0.25, 0.3) is 6.29 Å². The van der Waals surface area contributed by atoms with Crippen LogP contribution in [-0.4, -0.2) is 11.3 Å². The molecule has 0 aliphatic rings. The maximum Gasteiger partial charge on any atom is 0.257 e. The normalized spacial score (nSPS) is 9.56. The van der Waals surface area contributed by atoms with Gasteiger partial charge in [0.15, 0.2) is 11.6 Å². The van der Waals surface area contributed by atoms with E-state index in [4.69, 9.17) is 4.42 Å². The molecule has 0 aliphatic heterocycles. The summed E-state index contributed by atoms with van der Waals surface area (Å²) < 4.78 is 4.93. The molecule has 1 rings (SSSR count). The Kier molecular flexibility index (Phi) is 1.34. The van der Waals surface area contributed by atoms with Crippen molar-refractivity contribution in [3.8, 4) is 0 Å². The number of hydrogen-bond acceptors (Lipinski definition) is 3. The lowest BCUT2D eigenvalue weighted by Gasteiger charge is -1.75. The van der Waals surface area contributed by atoms with Gasteiger partial charge in [-0.2, -0.15) is 0 Å². The van der Waals surface area contributed by atoms with Gasteiger partial charge in [-0.1, -0.05) is 0 Å². The highest BCUT2D eigenvalue weighted by molar-refractivity contribution is 5.73. The van der Waals surface area contributed by atoms with Crippen LogP contribution >= 0.6 is 0 Å². The molecule has 47 valence electrons. The Morgan fingerprint density at radius 2 is 2.22 bits per heavy atom. The molecule has 0 bridgehead atoms. The first-order valence-corrected chi connectivity index (χ1v) is 2.56. The topological polar surface area (TPSA) is 43.1 Å². The van der Waals surface area contributed by atoms with Gasteiger partial charge in [0.2, 0.25) is 0 Å². The molecule has 0 saturated heterocycles. The SMILES string of the molecule is Cc1nc([C]=O)c(C)o1. The lowest BCUT2D eigenvalue weighted by molar-refractivity contribution is 0.493. The fourth-order valence-electron chi connectivity index (χ4n) is 0.624. The number of aryl methyl sites for hydroxylation is 2. The lowest BCUT2D eigenvalue weighted by Crippen LogP contribution is -1.81. The van der Waals surface area contributed by atoms with Crippen LogP contribution in [0.3, 0.4) is 0 Å². The van der Waals surface area contributed by atoms with E-state index in [1.165, 1.54) is 0 Å². The van der Waals surface area contributed by atoms with Gasteiger partial charge in [-0.3, -0.25) is 4.79 Å². The van der Waals surface area contributed by atoms with Crippen molar-refractivity contribution in [1.29, 1.82) is 0 Å². The molecule has 0 aromatic carbocycles. The smallest absolute Gasteiger partial charge is 0.257 e. The predicted molar refractivity (Wildman–Crippen MR) is 30.8 cm³/mol. The zero-order valence-corrected chi connectivity index (χ0v) is 5.26. The average Bonchev–Trinajstić information content (AvgIpc) is 2.10. The second kappa shape index (κ2) is 2.01. The van der Waals surface area contributed by atoms with Crippen LogP contribution in [0.4, 0.5) is 0 Å². The molecule has 0 atom stereocenters. The summed E-state index contributed by atoms with van der Waals surface area (Å²) in [5, 5.41) is 0. The lowest BCUT2D eigenvalue weighted by atomic mass is 10.4. The molecule has 0 fully saturated rings. The van der Waals surface area contributed by atoms with Gasteiger partial charge in [0.05, 0.1) is 0 Å². The summed E-state index contributed by atoms with van der Waals surface area (Å²) in [5.41, 5.74) is 0.271. The standard InChI is InChI=1S/C6H6NO2/c1-4-6(3-8)7-5(2)9-4/h1-2H3. The van der Waals surface area contributed by atoms with Crippen molar-refractivity contribution < 1.29 is 9.21 Å². The minimum atomic E-state index is 0.271. The van der Waals surface area contributed by atoms with Crippen LogP contribution in [0.5, 0.6) is 0 Å². The second-order valence-electron chi connectivity index (χ2n) is 1.74. The summed E-state index contributed by atoms with van der Waals surface area (Å²) in [6, 6.07) is 0. The van der Waals surface area contributed by atoms with Crippen LogP contribution in [-0.2, 0) is 4.79 Å². The molecule has 0 unspecified atom stereocenters. The van der Waals surface area contributed by atoms with Crippen molar-refractivity contribution in [3.05, 3.63) is 17.3 Å². The molecule has 1 heterocycles. The van der Waals surface area contributed by atoms with Crippen LogP contribution in [0.2, 0.25) is 0 Å². The van der Waals surface area contributed by atoms with Crippen LogP contribution < -0.4 is 0 Å². The molecule has 1 aromatic heterocycles. The number of hydrogen-bond donors (Lipinski definition) is 0. The number of oxazole rings is 1. The Labute approximate surface area is 52.7 Å². The third-order valence-corrected chi connectivity index (χ3v) is 1.00. The molecule has 0 aliphatic carbocycles. The number of carbonyl (C=O) groups excluding carboxylic acids is 1. The highest BCUT2D eigenvalue weighted by Crippen LogP contribution is 2.04. The predicted octanol–water partition coefficient (Wildman–Crippen LogP) is 0.749. The van der Waals surface area contributed by atoms with Crippen LogP contribution in [0.25, 0.3) is 0 Å². The monoisotopic (exact) mass is 124 g/mol. The van der Waals surface area contributed by atoms with Gasteiger partial charge in [-0.15, -0.1) is 0 Å². The van der Waals surface area contributed by atoms with Crippen LogP contribution in [0.15, 0.2) is 4.42 Å². The van der Waals surface area contributed by atoms with E-state index in [1.807, 2.05) is 0 Å². The van der Waals surface area contributed by atoms with E-state index in [9.17, 15) is 4.79 Å². The maximum atomic E-state index is 9.99. The Morgan fingerprint density at radius 1 is 1.56 bits per heavy atom. The molecule has 3 heteroatoms. The van der Waals surface area contributed by atoms with E-state index in [-0.39, 0.29) is 5.69 Å². The van der Waals surface area contributed by atoms with E-state index in [1.54, 1.807) is 20.1 Å². The fourth-order valence-corrected chi connectivity index (χ4v) is 0.624. The van der Waals surface area contributed by atoms with Crippen molar-refractivity contribution >= 4 is 6.29 Å². The maximum absolute atomic E-state index is 9.99. The van der Waals surface area contributed by atoms with Crippen LogP contribution in [0.1, 0.15) is 17.3 Å². The summed E-state index contributed by atoms with van der Waals surface area (Å²) in [6.45, 7) is 3.37. The summed E-state index contributed by atoms with van der Waals surface area (Å²) in [4.78, 5) is 13.7. The molecule has 0 spiro atoms. The average molecular weight is 124 g/mol. The molecule has 0 N–H and O–H groups in total. The first-order chi connectivity index (χ1) is 4.24. The molecular formula is C6H6NO2. The highest BCUT2D eigenvalue weighted by atomic mass is 16.4. The number of aromatic nitrogens is 1. The van der Waals surface area contributed by atoms with Crippen molar-refractivity contribution in [2.24, 2.45) is 0 Å². The Morgan fingerprint density at radius 3 is 2.44 bits per heavy atom. The summed E-state index contributed by atoms with van der Waals surface area (Å²) in [7, 11) is 0. The van der Waals surface area contributed by atoms with E-state index in [0.29, 0.717) is 11.7 Å². The first kappa shape index (κ1) is 6.01. The van der Waals surface area contributed by atoms with Crippen molar-refractivity contribution in [2.75, 3.05) is 0 Å². The molecule has 3 nitrogen and oxygen atoms in total. The number of rotatable bonds is 1. The van der Waals surface area contributed by atoms with Gasteiger partial charge in [-0.05, 0) is 6.92 Å². The van der Waals surface area contributed by atoms with Crippen molar-refractivity contribution in [1.82, 2.24) is 4.98 Å². The summed E-state index contributed by atoms with van der Waals surface area (Å²) in [5.74, 6) is 1.04. The van der Waals surface area contributed by atoms with Gasteiger partial charge >= 0.3 is 0 Å². The van der Waals surface area contributed by atoms with E-state index in [0.717, 1.165) is 0 Å². The van der Waals surface area contributed by atoms with Crippen molar-refractivity contribution in [2.45, 2.75) is 13.8 Å². The molecular weight excluding hydrogens is 118 g/mol. The minimum Gasteiger partial charge on any atom is -0.446 e. The molecule has 0 amide bonds. The van der Waals surface area contributed by atoms with Crippen LogP contribution in [0, 0.1) is 13.8 Å². The Balaban J connectivity index is 3.15. The molecule has 1 radical (unpaired) electrons. The quantitative estimate of drug-likeness (QED) is 0.554. The zero-order valence-electron chi connectivity index (χ0n) is 5.26. The third kappa shape index (κ3) is 0.988. The van der Waals surface area contributed by atoms with Gasteiger partial charge in [0, 0.05) is 6.92 Å². The minimum absolute atomic E-state index is 0.271. The fraction of sp³-hybridized carbons (Fsp3) is 0.333. The Bertz CT molecular complexity index is 227.